The van der Waals surface area contributed by atoms with Crippen LogP contribution in [0.5, 0.6) is 0 Å². The fourth-order valence-corrected chi connectivity index (χ4v) is 2.96. The molecule has 0 aliphatic carbocycles. The summed E-state index contributed by atoms with van der Waals surface area (Å²) < 4.78 is 0. The number of unbranched alkanes of at least 4 members (excludes halogenated alkanes) is 3. The topological polar surface area (TPSA) is 26.0 Å². The lowest BCUT2D eigenvalue weighted by Crippen LogP contribution is -2.26. The van der Waals surface area contributed by atoms with Crippen LogP contribution in [0.15, 0.2) is 12.2 Å². The molecule has 106 valence electrons. The molecule has 2 heteroatoms. The first-order chi connectivity index (χ1) is 8.71. The predicted molar refractivity (Wildman–Crippen MR) is 86.8 cm³/mol. The van der Waals surface area contributed by atoms with Crippen LogP contribution in [0.2, 0.25) is 5.82 Å². The average molecular weight is 251 g/mol. The molecule has 0 heterocycles. The first kappa shape index (κ1) is 17.8. The molecule has 0 spiro atoms. The Morgan fingerprint density at radius 2 is 1.78 bits per heavy atom. The van der Waals surface area contributed by atoms with Crippen LogP contribution in [0.1, 0.15) is 65.7 Å². The largest absolute Gasteiger partial charge is 0.330 e. The maximum atomic E-state index is 5.89. The van der Waals surface area contributed by atoms with Gasteiger partial charge in [-0.2, -0.15) is 0 Å². The first-order valence-electron chi connectivity index (χ1n) is 8.06. The second-order valence-corrected chi connectivity index (χ2v) is 5.66. The minimum absolute atomic E-state index is 0.707. The van der Waals surface area contributed by atoms with E-state index in [0.29, 0.717) is 5.92 Å². The summed E-state index contributed by atoms with van der Waals surface area (Å²) in [5.74, 6) is 2.27. The number of rotatable bonds is 11. The van der Waals surface area contributed by atoms with Crippen molar-refractivity contribution in [2.45, 2.75) is 71.5 Å². The zero-order chi connectivity index (χ0) is 13.8. The van der Waals surface area contributed by atoms with Gasteiger partial charge in [-0.1, -0.05) is 64.4 Å². The van der Waals surface area contributed by atoms with Crippen molar-refractivity contribution in [3.8, 4) is 0 Å². The molecule has 0 fully saturated rings. The zero-order valence-electron chi connectivity index (χ0n) is 13.1. The third-order valence-corrected chi connectivity index (χ3v) is 4.28. The van der Waals surface area contributed by atoms with E-state index in [-0.39, 0.29) is 0 Å². The summed E-state index contributed by atoms with van der Waals surface area (Å²) >= 11 is 0. The van der Waals surface area contributed by atoms with Crippen LogP contribution in [0.4, 0.5) is 0 Å². The van der Waals surface area contributed by atoms with Gasteiger partial charge in [-0.15, -0.1) is 0 Å². The molecule has 0 bridgehead atoms. The normalized spacial score (nSPS) is 16.9. The summed E-state index contributed by atoms with van der Waals surface area (Å²) in [7, 11) is 2.39. The van der Waals surface area contributed by atoms with E-state index in [0.717, 1.165) is 18.3 Å². The molecule has 0 saturated heterocycles. The van der Waals surface area contributed by atoms with Crippen molar-refractivity contribution in [2.24, 2.45) is 17.6 Å². The third-order valence-electron chi connectivity index (χ3n) is 4.28. The molecule has 0 amide bonds. The van der Waals surface area contributed by atoms with Crippen LogP contribution in [0, 0.1) is 11.8 Å². The maximum absolute atomic E-state index is 5.89. The highest BCUT2D eigenvalue weighted by atomic mass is 14.6. The Balaban J connectivity index is 3.99. The van der Waals surface area contributed by atoms with Crippen molar-refractivity contribution >= 4 is 7.85 Å². The standard InChI is InChI=1S/C16H34BN/c1-4-7-8-9-10-11-12-16(17)15(6-3)14(5-2)13-18/h10-11,14-16H,4-9,12-13,17-18H2,1-3H3/b11-10+. The van der Waals surface area contributed by atoms with Crippen LogP contribution < -0.4 is 5.73 Å². The molecule has 0 rings (SSSR count). The summed E-state index contributed by atoms with van der Waals surface area (Å²) in [6.07, 6.45) is 13.8. The van der Waals surface area contributed by atoms with E-state index < -0.39 is 0 Å². The van der Waals surface area contributed by atoms with Crippen molar-refractivity contribution in [3.63, 3.8) is 0 Å². The van der Waals surface area contributed by atoms with E-state index in [1.165, 1.54) is 44.9 Å². The van der Waals surface area contributed by atoms with Crippen LogP contribution in [-0.2, 0) is 0 Å². The van der Waals surface area contributed by atoms with E-state index in [2.05, 4.69) is 40.8 Å². The molecular formula is C16H34BN. The number of hydrogen-bond donors (Lipinski definition) is 1. The summed E-state index contributed by atoms with van der Waals surface area (Å²) in [4.78, 5) is 0. The summed E-state index contributed by atoms with van der Waals surface area (Å²) in [5.41, 5.74) is 5.89. The van der Waals surface area contributed by atoms with Gasteiger partial charge in [-0.3, -0.25) is 0 Å². The molecule has 3 unspecified atom stereocenters. The molecule has 0 radical (unpaired) electrons. The van der Waals surface area contributed by atoms with Gasteiger partial charge in [-0.25, -0.2) is 0 Å². The Morgan fingerprint density at radius 3 is 2.28 bits per heavy atom. The highest BCUT2D eigenvalue weighted by Gasteiger charge is 2.21. The number of nitrogens with two attached hydrogens (primary N) is 1. The maximum Gasteiger partial charge on any atom is 0.106 e. The van der Waals surface area contributed by atoms with Gasteiger partial charge in [0.05, 0.1) is 0 Å². The highest BCUT2D eigenvalue weighted by molar-refractivity contribution is 6.11. The van der Waals surface area contributed by atoms with E-state index in [1.807, 2.05) is 0 Å². The van der Waals surface area contributed by atoms with Crippen LogP contribution in [0.3, 0.4) is 0 Å². The molecule has 0 aliphatic heterocycles. The Morgan fingerprint density at radius 1 is 1.06 bits per heavy atom. The molecule has 3 atom stereocenters. The van der Waals surface area contributed by atoms with E-state index in [1.54, 1.807) is 0 Å². The van der Waals surface area contributed by atoms with Gasteiger partial charge in [0.25, 0.3) is 0 Å². The third kappa shape index (κ3) is 7.26. The summed E-state index contributed by atoms with van der Waals surface area (Å²) in [6.45, 7) is 7.69. The van der Waals surface area contributed by atoms with Crippen molar-refractivity contribution in [1.29, 1.82) is 0 Å². The average Bonchev–Trinajstić information content (AvgIpc) is 2.39. The molecule has 0 saturated carbocycles. The molecular weight excluding hydrogens is 217 g/mol. The summed E-state index contributed by atoms with van der Waals surface area (Å²) in [6, 6.07) is 0. The smallest absolute Gasteiger partial charge is 0.106 e. The monoisotopic (exact) mass is 251 g/mol. The zero-order valence-corrected chi connectivity index (χ0v) is 13.1. The Hall–Kier alpha value is -0.235. The van der Waals surface area contributed by atoms with Crippen molar-refractivity contribution < 1.29 is 0 Å². The van der Waals surface area contributed by atoms with E-state index in [9.17, 15) is 0 Å². The van der Waals surface area contributed by atoms with Gasteiger partial charge in [0.1, 0.15) is 7.85 Å². The second kappa shape index (κ2) is 11.8. The quantitative estimate of drug-likeness (QED) is 0.336. The molecule has 1 nitrogen and oxygen atoms in total. The van der Waals surface area contributed by atoms with E-state index >= 15 is 0 Å². The molecule has 18 heavy (non-hydrogen) atoms. The minimum Gasteiger partial charge on any atom is -0.330 e. The second-order valence-electron chi connectivity index (χ2n) is 5.66. The van der Waals surface area contributed by atoms with Crippen LogP contribution >= 0.6 is 0 Å². The Kier molecular flexibility index (Phi) is 11.7. The SMILES string of the molecule is BC(C/C=C/CCCCC)C(CC)C(CC)CN. The highest BCUT2D eigenvalue weighted by Crippen LogP contribution is 2.31. The molecule has 2 N–H and O–H groups in total. The minimum atomic E-state index is 0.707. The first-order valence-corrected chi connectivity index (χ1v) is 8.06. The fraction of sp³-hybridized carbons (Fsp3) is 0.875. The molecule has 0 aromatic rings. The molecule has 0 aliphatic rings. The Bertz CT molecular complexity index is 199. The Labute approximate surface area is 116 Å². The lowest BCUT2D eigenvalue weighted by Gasteiger charge is -2.29. The lowest BCUT2D eigenvalue weighted by molar-refractivity contribution is 0.304. The molecule has 0 aromatic carbocycles. The fourth-order valence-electron chi connectivity index (χ4n) is 2.96. The number of allylic oxidation sites excluding steroid dienone is 2. The van der Waals surface area contributed by atoms with Gasteiger partial charge in [0, 0.05) is 0 Å². The van der Waals surface area contributed by atoms with Crippen molar-refractivity contribution in [3.05, 3.63) is 12.2 Å². The van der Waals surface area contributed by atoms with Crippen molar-refractivity contribution in [1.82, 2.24) is 0 Å². The molecule has 0 aromatic heterocycles. The van der Waals surface area contributed by atoms with E-state index in [4.69, 9.17) is 5.73 Å². The van der Waals surface area contributed by atoms with Gasteiger partial charge in [0.15, 0.2) is 0 Å². The summed E-state index contributed by atoms with van der Waals surface area (Å²) in [5, 5.41) is 0. The van der Waals surface area contributed by atoms with Gasteiger partial charge in [-0.05, 0) is 37.6 Å². The van der Waals surface area contributed by atoms with Gasteiger partial charge < -0.3 is 5.73 Å². The van der Waals surface area contributed by atoms with Gasteiger partial charge >= 0.3 is 0 Å². The van der Waals surface area contributed by atoms with Crippen LogP contribution in [0.25, 0.3) is 0 Å². The number of hydrogen-bond acceptors (Lipinski definition) is 1. The van der Waals surface area contributed by atoms with Gasteiger partial charge in [0.2, 0.25) is 0 Å². The predicted octanol–water partition coefficient (Wildman–Crippen LogP) is 3.95. The van der Waals surface area contributed by atoms with Crippen LogP contribution in [-0.4, -0.2) is 14.4 Å². The van der Waals surface area contributed by atoms with Crippen molar-refractivity contribution in [2.75, 3.05) is 6.54 Å². The lowest BCUT2D eigenvalue weighted by atomic mass is 9.67.